The minimum absolute atomic E-state index is 0.883. The molecule has 0 N–H and O–H groups in total. The Morgan fingerprint density at radius 1 is 1.12 bits per heavy atom. The molecule has 2 aliphatic rings. The number of hydrogen-bond donors (Lipinski definition) is 0. The molecule has 0 nitrogen and oxygen atoms in total. The number of hydrogen-bond acceptors (Lipinski definition) is 0. The first-order valence-corrected chi connectivity index (χ1v) is 7.73. The molecule has 0 bridgehead atoms. The fraction of sp³-hybridized carbons (Fsp3) is 0.765. The number of fused-ring (bicyclic) bond motifs is 1. The average molecular weight is 232 g/mol. The van der Waals surface area contributed by atoms with E-state index in [-0.39, 0.29) is 0 Å². The van der Waals surface area contributed by atoms with Gasteiger partial charge in [-0.05, 0) is 49.9 Å². The Bertz CT molecular complexity index is 284. The summed E-state index contributed by atoms with van der Waals surface area (Å²) in [5.41, 5.74) is 1.79. The summed E-state index contributed by atoms with van der Waals surface area (Å²) in [7, 11) is 0. The molecule has 3 unspecified atom stereocenters. The van der Waals surface area contributed by atoms with Crippen LogP contribution in [0.5, 0.6) is 0 Å². The van der Waals surface area contributed by atoms with E-state index < -0.39 is 0 Å². The molecule has 1 fully saturated rings. The van der Waals surface area contributed by atoms with Crippen molar-refractivity contribution in [2.45, 2.75) is 65.2 Å². The largest absolute Gasteiger partial charge is 0.0845 e. The van der Waals surface area contributed by atoms with Gasteiger partial charge in [-0.3, -0.25) is 0 Å². The lowest BCUT2D eigenvalue weighted by Crippen LogP contribution is -2.09. The monoisotopic (exact) mass is 232 g/mol. The molecule has 1 saturated carbocycles. The van der Waals surface area contributed by atoms with E-state index in [0.717, 1.165) is 17.8 Å². The molecule has 17 heavy (non-hydrogen) atoms. The van der Waals surface area contributed by atoms with Crippen molar-refractivity contribution in [3.63, 3.8) is 0 Å². The van der Waals surface area contributed by atoms with E-state index >= 15 is 0 Å². The fourth-order valence-corrected chi connectivity index (χ4v) is 3.83. The van der Waals surface area contributed by atoms with E-state index in [2.05, 4.69) is 32.1 Å². The third kappa shape index (κ3) is 3.03. The van der Waals surface area contributed by atoms with Crippen molar-refractivity contribution in [3.8, 4) is 0 Å². The smallest absolute Gasteiger partial charge is 0.0169 e. The Kier molecular flexibility index (Phi) is 4.88. The normalized spacial score (nSPS) is 34.2. The zero-order chi connectivity index (χ0) is 12.1. The maximum absolute atomic E-state index is 2.47. The highest BCUT2D eigenvalue weighted by Crippen LogP contribution is 2.46. The van der Waals surface area contributed by atoms with Gasteiger partial charge >= 0.3 is 0 Å². The SMILES string of the molecule is CCC1CC(CC)C2CCCCCC=CC=C12. The Hall–Kier alpha value is -0.520. The first-order chi connectivity index (χ1) is 8.36. The van der Waals surface area contributed by atoms with Gasteiger partial charge in [-0.25, -0.2) is 0 Å². The highest BCUT2D eigenvalue weighted by atomic mass is 14.4. The molecule has 3 atom stereocenters. The highest BCUT2D eigenvalue weighted by Gasteiger charge is 2.35. The van der Waals surface area contributed by atoms with Gasteiger partial charge in [0.2, 0.25) is 0 Å². The van der Waals surface area contributed by atoms with Crippen molar-refractivity contribution in [3.05, 3.63) is 23.8 Å². The molecule has 0 heteroatoms. The molecule has 0 aromatic heterocycles. The molecular formula is C17H28. The van der Waals surface area contributed by atoms with Gasteiger partial charge in [0.15, 0.2) is 0 Å². The van der Waals surface area contributed by atoms with Crippen LogP contribution in [0, 0.1) is 17.8 Å². The maximum Gasteiger partial charge on any atom is -0.0169 e. The molecule has 96 valence electrons. The summed E-state index contributed by atoms with van der Waals surface area (Å²) in [6.45, 7) is 4.75. The second-order valence-corrected chi connectivity index (χ2v) is 5.85. The van der Waals surface area contributed by atoms with Gasteiger partial charge in [0.1, 0.15) is 0 Å². The van der Waals surface area contributed by atoms with Gasteiger partial charge in [0, 0.05) is 0 Å². The molecule has 2 rings (SSSR count). The molecular weight excluding hydrogens is 204 g/mol. The quantitative estimate of drug-likeness (QED) is 0.589. The highest BCUT2D eigenvalue weighted by molar-refractivity contribution is 5.23. The van der Waals surface area contributed by atoms with Gasteiger partial charge < -0.3 is 0 Å². The molecule has 0 saturated heterocycles. The van der Waals surface area contributed by atoms with E-state index in [0.29, 0.717) is 0 Å². The molecule has 2 aliphatic carbocycles. The first-order valence-electron chi connectivity index (χ1n) is 7.73. The molecule has 0 amide bonds. The summed E-state index contributed by atoms with van der Waals surface area (Å²) in [6, 6.07) is 0. The second kappa shape index (κ2) is 6.42. The predicted molar refractivity (Wildman–Crippen MR) is 76.0 cm³/mol. The zero-order valence-corrected chi connectivity index (χ0v) is 11.6. The lowest BCUT2D eigenvalue weighted by Gasteiger charge is -2.20. The van der Waals surface area contributed by atoms with Crippen molar-refractivity contribution in [2.75, 3.05) is 0 Å². The molecule has 0 aromatic rings. The fourth-order valence-electron chi connectivity index (χ4n) is 3.83. The molecule has 0 aromatic carbocycles. The lowest BCUT2D eigenvalue weighted by molar-refractivity contribution is 0.368. The Balaban J connectivity index is 2.19. The average Bonchev–Trinajstić information content (AvgIpc) is 2.71. The van der Waals surface area contributed by atoms with Gasteiger partial charge in [-0.15, -0.1) is 0 Å². The summed E-state index contributed by atoms with van der Waals surface area (Å²) in [5, 5.41) is 0. The van der Waals surface area contributed by atoms with Crippen molar-refractivity contribution in [2.24, 2.45) is 17.8 Å². The number of allylic oxidation sites excluding steroid dienone is 4. The van der Waals surface area contributed by atoms with Gasteiger partial charge in [-0.1, -0.05) is 56.9 Å². The van der Waals surface area contributed by atoms with Crippen LogP contribution in [0.15, 0.2) is 23.8 Å². The Morgan fingerprint density at radius 2 is 2.00 bits per heavy atom. The predicted octanol–water partition coefficient (Wildman–Crippen LogP) is 5.51. The van der Waals surface area contributed by atoms with E-state index in [1.807, 2.05) is 0 Å². The van der Waals surface area contributed by atoms with Crippen LogP contribution in [0.25, 0.3) is 0 Å². The van der Waals surface area contributed by atoms with Gasteiger partial charge in [0.25, 0.3) is 0 Å². The summed E-state index contributed by atoms with van der Waals surface area (Å²) in [4.78, 5) is 0. The second-order valence-electron chi connectivity index (χ2n) is 5.85. The lowest BCUT2D eigenvalue weighted by atomic mass is 9.85. The molecule has 0 radical (unpaired) electrons. The zero-order valence-electron chi connectivity index (χ0n) is 11.6. The van der Waals surface area contributed by atoms with Crippen molar-refractivity contribution in [1.29, 1.82) is 0 Å². The Labute approximate surface area is 107 Å². The Morgan fingerprint density at radius 3 is 2.76 bits per heavy atom. The molecule has 0 heterocycles. The standard InChI is InChI=1S/C17H28/c1-3-14-13-15(4-2)17-12-10-8-6-5-7-9-11-16(14)17/h7,9,11,14-15,17H,3-6,8,10,12-13H2,1-2H3. The minimum atomic E-state index is 0.883. The summed E-state index contributed by atoms with van der Waals surface area (Å²) in [5.74, 6) is 2.76. The minimum Gasteiger partial charge on any atom is -0.0845 e. The topological polar surface area (TPSA) is 0 Å². The van der Waals surface area contributed by atoms with Crippen LogP contribution in [0.1, 0.15) is 65.2 Å². The van der Waals surface area contributed by atoms with Crippen LogP contribution in [-0.4, -0.2) is 0 Å². The van der Waals surface area contributed by atoms with Crippen LogP contribution in [0.3, 0.4) is 0 Å². The van der Waals surface area contributed by atoms with E-state index in [4.69, 9.17) is 0 Å². The van der Waals surface area contributed by atoms with Crippen LogP contribution < -0.4 is 0 Å². The number of rotatable bonds is 2. The first kappa shape index (κ1) is 12.9. The van der Waals surface area contributed by atoms with Crippen molar-refractivity contribution < 1.29 is 0 Å². The van der Waals surface area contributed by atoms with E-state index in [1.165, 1.54) is 51.4 Å². The van der Waals surface area contributed by atoms with Gasteiger partial charge in [-0.2, -0.15) is 0 Å². The summed E-state index contributed by atoms with van der Waals surface area (Å²) >= 11 is 0. The molecule has 0 spiro atoms. The van der Waals surface area contributed by atoms with Gasteiger partial charge in [0.05, 0.1) is 0 Å². The maximum atomic E-state index is 2.47. The van der Waals surface area contributed by atoms with E-state index in [1.54, 1.807) is 5.57 Å². The van der Waals surface area contributed by atoms with Crippen LogP contribution >= 0.6 is 0 Å². The van der Waals surface area contributed by atoms with Crippen LogP contribution in [-0.2, 0) is 0 Å². The van der Waals surface area contributed by atoms with E-state index in [9.17, 15) is 0 Å². The van der Waals surface area contributed by atoms with Crippen LogP contribution in [0.2, 0.25) is 0 Å². The summed E-state index contributed by atoms with van der Waals surface area (Å²) in [6.07, 6.45) is 18.4. The summed E-state index contributed by atoms with van der Waals surface area (Å²) < 4.78 is 0. The van der Waals surface area contributed by atoms with Crippen molar-refractivity contribution in [1.82, 2.24) is 0 Å². The molecule has 0 aliphatic heterocycles. The van der Waals surface area contributed by atoms with Crippen molar-refractivity contribution >= 4 is 0 Å². The van der Waals surface area contributed by atoms with Crippen LogP contribution in [0.4, 0.5) is 0 Å². The third-order valence-electron chi connectivity index (χ3n) is 4.88. The third-order valence-corrected chi connectivity index (χ3v) is 4.88.